The topological polar surface area (TPSA) is 57.8 Å². The minimum absolute atomic E-state index is 0.240. The molecular weight excluding hydrogens is 250 g/mol. The quantitative estimate of drug-likeness (QED) is 0.712. The lowest BCUT2D eigenvalue weighted by Crippen LogP contribution is -2.06. The molecule has 0 aliphatic rings. The number of aromatic nitrogens is 2. The van der Waals surface area contributed by atoms with Gasteiger partial charge in [0.2, 0.25) is 5.91 Å². The molecule has 2 heterocycles. The summed E-state index contributed by atoms with van der Waals surface area (Å²) in [6, 6.07) is 12.0. The highest BCUT2D eigenvalue weighted by atomic mass is 16.1. The second-order valence-corrected chi connectivity index (χ2v) is 4.38. The third kappa shape index (κ3) is 2.19. The van der Waals surface area contributed by atoms with E-state index < -0.39 is 0 Å². The second kappa shape index (κ2) is 5.01. The number of H-pyrrole nitrogens is 1. The third-order valence-corrected chi connectivity index (χ3v) is 3.08. The largest absolute Gasteiger partial charge is 0.344 e. The number of carbonyl (C=O) groups is 1. The maximum absolute atomic E-state index is 11.4. The van der Waals surface area contributed by atoms with Gasteiger partial charge in [0.25, 0.3) is 0 Å². The third-order valence-electron chi connectivity index (χ3n) is 3.08. The number of anilines is 1. The maximum atomic E-state index is 11.4. The SMILES string of the molecule is C=CC(=O)Nc1c[nH]c2ncc(-c3ccccc3)cc12. The number of benzene rings is 1. The smallest absolute Gasteiger partial charge is 0.247 e. The lowest BCUT2D eigenvalue weighted by molar-refractivity contribution is -0.111. The van der Waals surface area contributed by atoms with Crippen molar-refractivity contribution in [3.63, 3.8) is 0 Å². The molecule has 3 rings (SSSR count). The van der Waals surface area contributed by atoms with Crippen molar-refractivity contribution in [3.8, 4) is 11.1 Å². The number of pyridine rings is 1. The van der Waals surface area contributed by atoms with Gasteiger partial charge in [-0.15, -0.1) is 0 Å². The van der Waals surface area contributed by atoms with Crippen molar-refractivity contribution in [2.75, 3.05) is 5.32 Å². The van der Waals surface area contributed by atoms with Gasteiger partial charge in [0, 0.05) is 23.3 Å². The molecule has 4 heteroatoms. The number of amides is 1. The number of carbonyl (C=O) groups excluding carboxylic acids is 1. The van der Waals surface area contributed by atoms with E-state index in [9.17, 15) is 4.79 Å². The molecular formula is C16H13N3O. The van der Waals surface area contributed by atoms with Crippen LogP contribution in [0.1, 0.15) is 0 Å². The van der Waals surface area contributed by atoms with Crippen molar-refractivity contribution >= 4 is 22.6 Å². The fraction of sp³-hybridized carbons (Fsp3) is 0. The van der Waals surface area contributed by atoms with Gasteiger partial charge in [0.05, 0.1) is 5.69 Å². The van der Waals surface area contributed by atoms with E-state index in [1.807, 2.05) is 42.6 Å². The molecule has 0 unspecified atom stereocenters. The van der Waals surface area contributed by atoms with Crippen LogP contribution >= 0.6 is 0 Å². The summed E-state index contributed by atoms with van der Waals surface area (Å²) in [4.78, 5) is 18.8. The van der Waals surface area contributed by atoms with Crippen molar-refractivity contribution in [3.05, 3.63) is 61.4 Å². The zero-order valence-corrected chi connectivity index (χ0v) is 10.8. The predicted octanol–water partition coefficient (Wildman–Crippen LogP) is 3.35. The van der Waals surface area contributed by atoms with Crippen LogP contribution in [0.25, 0.3) is 22.2 Å². The Bertz CT molecular complexity index is 775. The first kappa shape index (κ1) is 12.2. The molecule has 0 saturated carbocycles. The first-order chi connectivity index (χ1) is 9.78. The zero-order chi connectivity index (χ0) is 13.9. The Morgan fingerprint density at radius 2 is 2.05 bits per heavy atom. The molecule has 98 valence electrons. The molecule has 0 radical (unpaired) electrons. The maximum Gasteiger partial charge on any atom is 0.247 e. The number of rotatable bonds is 3. The number of hydrogen-bond donors (Lipinski definition) is 2. The first-order valence-corrected chi connectivity index (χ1v) is 6.24. The Kier molecular flexibility index (Phi) is 3.05. The Morgan fingerprint density at radius 3 is 2.80 bits per heavy atom. The number of aromatic amines is 1. The molecule has 0 aliphatic carbocycles. The standard InChI is InChI=1S/C16H13N3O/c1-2-15(20)19-14-10-18-16-13(14)8-12(9-17-16)11-6-4-3-5-7-11/h2-10H,1H2,(H,17,18)(H,19,20). The molecule has 1 amide bonds. The minimum Gasteiger partial charge on any atom is -0.344 e. The monoisotopic (exact) mass is 263 g/mol. The summed E-state index contributed by atoms with van der Waals surface area (Å²) in [7, 11) is 0. The van der Waals surface area contributed by atoms with Crippen molar-refractivity contribution in [2.24, 2.45) is 0 Å². The van der Waals surface area contributed by atoms with Gasteiger partial charge in [-0.25, -0.2) is 4.98 Å². The van der Waals surface area contributed by atoms with E-state index in [1.165, 1.54) is 6.08 Å². The molecule has 2 N–H and O–H groups in total. The van der Waals surface area contributed by atoms with Crippen LogP contribution in [-0.2, 0) is 4.79 Å². The lowest BCUT2D eigenvalue weighted by atomic mass is 10.1. The summed E-state index contributed by atoms with van der Waals surface area (Å²) in [6.45, 7) is 3.45. The molecule has 0 spiro atoms. The van der Waals surface area contributed by atoms with Gasteiger partial charge in [-0.3, -0.25) is 4.79 Å². The minimum atomic E-state index is -0.240. The van der Waals surface area contributed by atoms with Crippen molar-refractivity contribution in [1.29, 1.82) is 0 Å². The second-order valence-electron chi connectivity index (χ2n) is 4.38. The van der Waals surface area contributed by atoms with E-state index in [0.717, 1.165) is 22.2 Å². The van der Waals surface area contributed by atoms with E-state index >= 15 is 0 Å². The molecule has 2 aromatic heterocycles. The van der Waals surface area contributed by atoms with Crippen LogP contribution in [0.4, 0.5) is 5.69 Å². The normalized spacial score (nSPS) is 10.4. The molecule has 0 aliphatic heterocycles. The highest BCUT2D eigenvalue weighted by molar-refractivity contribution is 6.05. The molecule has 0 bridgehead atoms. The Hall–Kier alpha value is -2.88. The zero-order valence-electron chi connectivity index (χ0n) is 10.8. The highest BCUT2D eigenvalue weighted by Gasteiger charge is 2.08. The van der Waals surface area contributed by atoms with Gasteiger partial charge in [-0.05, 0) is 17.7 Å². The van der Waals surface area contributed by atoms with E-state index in [4.69, 9.17) is 0 Å². The van der Waals surface area contributed by atoms with Crippen molar-refractivity contribution < 1.29 is 4.79 Å². The molecule has 0 fully saturated rings. The Morgan fingerprint density at radius 1 is 1.25 bits per heavy atom. The van der Waals surface area contributed by atoms with Gasteiger partial charge in [0.15, 0.2) is 0 Å². The molecule has 20 heavy (non-hydrogen) atoms. The van der Waals surface area contributed by atoms with Crippen LogP contribution in [-0.4, -0.2) is 15.9 Å². The fourth-order valence-electron chi connectivity index (χ4n) is 2.08. The summed E-state index contributed by atoms with van der Waals surface area (Å²) in [5.74, 6) is -0.240. The van der Waals surface area contributed by atoms with Crippen LogP contribution in [0, 0.1) is 0 Å². The lowest BCUT2D eigenvalue weighted by Gasteiger charge is -2.03. The average molecular weight is 263 g/mol. The molecule has 0 saturated heterocycles. The van der Waals surface area contributed by atoms with E-state index in [2.05, 4.69) is 21.9 Å². The van der Waals surface area contributed by atoms with Crippen molar-refractivity contribution in [1.82, 2.24) is 9.97 Å². The molecule has 0 atom stereocenters. The fourth-order valence-corrected chi connectivity index (χ4v) is 2.08. The average Bonchev–Trinajstić information content (AvgIpc) is 2.90. The number of fused-ring (bicyclic) bond motifs is 1. The highest BCUT2D eigenvalue weighted by Crippen LogP contribution is 2.27. The summed E-state index contributed by atoms with van der Waals surface area (Å²) in [6.07, 6.45) is 4.79. The number of nitrogens with one attached hydrogen (secondary N) is 2. The van der Waals surface area contributed by atoms with Gasteiger partial charge in [-0.2, -0.15) is 0 Å². The molecule has 1 aromatic carbocycles. The van der Waals surface area contributed by atoms with Crippen LogP contribution in [0.5, 0.6) is 0 Å². The number of nitrogens with zero attached hydrogens (tertiary/aromatic N) is 1. The van der Waals surface area contributed by atoms with E-state index in [-0.39, 0.29) is 5.91 Å². The number of hydrogen-bond acceptors (Lipinski definition) is 2. The Labute approximate surface area is 116 Å². The summed E-state index contributed by atoms with van der Waals surface area (Å²) in [5.41, 5.74) is 3.54. The summed E-state index contributed by atoms with van der Waals surface area (Å²) < 4.78 is 0. The van der Waals surface area contributed by atoms with Crippen LogP contribution in [0.3, 0.4) is 0 Å². The van der Waals surface area contributed by atoms with Crippen LogP contribution in [0.15, 0.2) is 61.4 Å². The van der Waals surface area contributed by atoms with E-state index in [0.29, 0.717) is 5.69 Å². The van der Waals surface area contributed by atoms with Gasteiger partial charge in [-0.1, -0.05) is 36.9 Å². The summed E-state index contributed by atoms with van der Waals surface area (Å²) >= 11 is 0. The van der Waals surface area contributed by atoms with Crippen molar-refractivity contribution in [2.45, 2.75) is 0 Å². The molecule has 3 aromatic rings. The molecule has 4 nitrogen and oxygen atoms in total. The Balaban J connectivity index is 2.07. The predicted molar refractivity (Wildman–Crippen MR) is 80.4 cm³/mol. The first-order valence-electron chi connectivity index (χ1n) is 6.24. The van der Waals surface area contributed by atoms with Gasteiger partial charge >= 0.3 is 0 Å². The van der Waals surface area contributed by atoms with Gasteiger partial charge in [0.1, 0.15) is 5.65 Å². The van der Waals surface area contributed by atoms with Gasteiger partial charge < -0.3 is 10.3 Å². The van der Waals surface area contributed by atoms with E-state index in [1.54, 1.807) is 6.20 Å². The van der Waals surface area contributed by atoms with Crippen LogP contribution < -0.4 is 5.32 Å². The summed E-state index contributed by atoms with van der Waals surface area (Å²) in [5, 5.41) is 3.64. The van der Waals surface area contributed by atoms with Crippen LogP contribution in [0.2, 0.25) is 0 Å².